The molecule has 0 aliphatic rings. The first-order valence-electron chi connectivity index (χ1n) is 8.13. The standard InChI is InChI=1S/C20H20Cl2N2O2/c1-3-19(25)24-15-9-7-14(8-10-15)12-20(26)23-13(2)11-16-17(21)5-4-6-18(16)22/h3-10,13H,1,11-12H2,2H3,(H,23,26)(H,24,25). The molecule has 0 bridgehead atoms. The van der Waals surface area contributed by atoms with Crippen molar-refractivity contribution in [1.82, 2.24) is 5.32 Å². The summed E-state index contributed by atoms with van der Waals surface area (Å²) in [4.78, 5) is 23.5. The second kappa shape index (κ2) is 9.41. The van der Waals surface area contributed by atoms with E-state index in [0.29, 0.717) is 22.2 Å². The van der Waals surface area contributed by atoms with Gasteiger partial charge in [0, 0.05) is 21.8 Å². The van der Waals surface area contributed by atoms with Crippen molar-refractivity contribution in [3.05, 3.63) is 76.3 Å². The highest BCUT2D eigenvalue weighted by Crippen LogP contribution is 2.25. The largest absolute Gasteiger partial charge is 0.353 e. The first kappa shape index (κ1) is 20.0. The van der Waals surface area contributed by atoms with Crippen molar-refractivity contribution >= 4 is 40.7 Å². The van der Waals surface area contributed by atoms with Crippen LogP contribution < -0.4 is 10.6 Å². The van der Waals surface area contributed by atoms with Crippen LogP contribution in [0.15, 0.2) is 55.1 Å². The molecule has 0 aliphatic carbocycles. The molecule has 2 amide bonds. The first-order valence-corrected chi connectivity index (χ1v) is 8.89. The third-order valence-electron chi connectivity index (χ3n) is 3.75. The molecule has 0 aromatic heterocycles. The van der Waals surface area contributed by atoms with Crippen LogP contribution in [0.4, 0.5) is 5.69 Å². The number of nitrogens with one attached hydrogen (secondary N) is 2. The van der Waals surface area contributed by atoms with Crippen LogP contribution in [-0.4, -0.2) is 17.9 Å². The average Bonchev–Trinajstić information content (AvgIpc) is 2.59. The van der Waals surface area contributed by atoms with E-state index < -0.39 is 0 Å². The van der Waals surface area contributed by atoms with Crippen LogP contribution >= 0.6 is 23.2 Å². The molecule has 4 nitrogen and oxygen atoms in total. The summed E-state index contributed by atoms with van der Waals surface area (Å²) >= 11 is 12.3. The van der Waals surface area contributed by atoms with Crippen LogP contribution in [0.1, 0.15) is 18.1 Å². The zero-order valence-electron chi connectivity index (χ0n) is 14.4. The quantitative estimate of drug-likeness (QED) is 0.687. The number of halogens is 2. The summed E-state index contributed by atoms with van der Waals surface area (Å²) < 4.78 is 0. The number of benzene rings is 2. The summed E-state index contributed by atoms with van der Waals surface area (Å²) in [7, 11) is 0. The maximum absolute atomic E-state index is 12.2. The van der Waals surface area contributed by atoms with Crippen molar-refractivity contribution in [2.24, 2.45) is 0 Å². The molecular weight excluding hydrogens is 371 g/mol. The number of amides is 2. The third kappa shape index (κ3) is 5.90. The third-order valence-corrected chi connectivity index (χ3v) is 4.46. The van der Waals surface area contributed by atoms with E-state index in [1.165, 1.54) is 6.08 Å². The van der Waals surface area contributed by atoms with E-state index in [9.17, 15) is 9.59 Å². The van der Waals surface area contributed by atoms with E-state index in [4.69, 9.17) is 23.2 Å². The van der Waals surface area contributed by atoms with E-state index in [2.05, 4.69) is 17.2 Å². The molecule has 6 heteroatoms. The molecule has 0 radical (unpaired) electrons. The summed E-state index contributed by atoms with van der Waals surface area (Å²) in [5.41, 5.74) is 2.33. The summed E-state index contributed by atoms with van der Waals surface area (Å²) in [5, 5.41) is 6.79. The van der Waals surface area contributed by atoms with Gasteiger partial charge in [0.05, 0.1) is 6.42 Å². The van der Waals surface area contributed by atoms with Crippen LogP contribution in [0.3, 0.4) is 0 Å². The lowest BCUT2D eigenvalue weighted by molar-refractivity contribution is -0.121. The van der Waals surface area contributed by atoms with Gasteiger partial charge < -0.3 is 10.6 Å². The molecule has 0 aliphatic heterocycles. The number of hydrogen-bond donors (Lipinski definition) is 2. The van der Waals surface area contributed by atoms with Crippen molar-refractivity contribution in [1.29, 1.82) is 0 Å². The lowest BCUT2D eigenvalue weighted by atomic mass is 10.1. The van der Waals surface area contributed by atoms with Crippen LogP contribution in [-0.2, 0) is 22.4 Å². The first-order chi connectivity index (χ1) is 12.4. The molecule has 0 heterocycles. The molecule has 1 atom stereocenters. The van der Waals surface area contributed by atoms with E-state index in [1.54, 1.807) is 42.5 Å². The van der Waals surface area contributed by atoms with Gasteiger partial charge in [0.15, 0.2) is 0 Å². The van der Waals surface area contributed by atoms with Gasteiger partial charge in [-0.25, -0.2) is 0 Å². The predicted octanol–water partition coefficient (Wildman–Crippen LogP) is 4.41. The molecule has 136 valence electrons. The molecule has 1 unspecified atom stereocenters. The summed E-state index contributed by atoms with van der Waals surface area (Å²) in [6.45, 7) is 5.31. The molecule has 0 fully saturated rings. The van der Waals surface area contributed by atoms with Crippen LogP contribution in [0.2, 0.25) is 10.0 Å². The minimum atomic E-state index is -0.275. The van der Waals surface area contributed by atoms with E-state index in [0.717, 1.165) is 11.1 Å². The fourth-order valence-corrected chi connectivity index (χ4v) is 3.05. The van der Waals surface area contributed by atoms with Gasteiger partial charge in [-0.15, -0.1) is 0 Å². The lowest BCUT2D eigenvalue weighted by Crippen LogP contribution is -2.35. The van der Waals surface area contributed by atoms with Crippen molar-refractivity contribution in [2.75, 3.05) is 5.32 Å². The highest BCUT2D eigenvalue weighted by molar-refractivity contribution is 6.36. The Hall–Kier alpha value is -2.30. The number of carbonyl (C=O) groups is 2. The Morgan fingerprint density at radius 3 is 2.31 bits per heavy atom. The van der Waals surface area contributed by atoms with Crippen LogP contribution in [0.5, 0.6) is 0 Å². The zero-order valence-corrected chi connectivity index (χ0v) is 15.9. The second-order valence-corrected chi connectivity index (χ2v) is 6.75. The number of rotatable bonds is 7. The molecule has 2 N–H and O–H groups in total. The van der Waals surface area contributed by atoms with Gasteiger partial charge in [-0.1, -0.05) is 48.0 Å². The van der Waals surface area contributed by atoms with E-state index in [1.807, 2.05) is 6.92 Å². The molecular formula is C20H20Cl2N2O2. The maximum atomic E-state index is 12.2. The Morgan fingerprint density at radius 2 is 1.73 bits per heavy atom. The van der Waals surface area contributed by atoms with Crippen molar-refractivity contribution in [2.45, 2.75) is 25.8 Å². The fraction of sp³-hybridized carbons (Fsp3) is 0.200. The van der Waals surface area contributed by atoms with Gasteiger partial charge in [-0.2, -0.15) is 0 Å². The number of hydrogen-bond acceptors (Lipinski definition) is 2. The summed E-state index contributed by atoms with van der Waals surface area (Å²) in [5.74, 6) is -0.369. The number of anilines is 1. The monoisotopic (exact) mass is 390 g/mol. The number of carbonyl (C=O) groups excluding carboxylic acids is 2. The maximum Gasteiger partial charge on any atom is 0.247 e. The van der Waals surface area contributed by atoms with Crippen LogP contribution in [0, 0.1) is 0 Å². The van der Waals surface area contributed by atoms with Crippen molar-refractivity contribution < 1.29 is 9.59 Å². The molecule has 2 aromatic rings. The lowest BCUT2D eigenvalue weighted by Gasteiger charge is -2.16. The molecule has 2 aromatic carbocycles. The Labute approximate surface area is 163 Å². The van der Waals surface area contributed by atoms with Crippen LogP contribution in [0.25, 0.3) is 0 Å². The van der Waals surface area contributed by atoms with E-state index >= 15 is 0 Å². The minimum absolute atomic E-state index is 0.0939. The molecule has 0 saturated heterocycles. The Balaban J connectivity index is 1.89. The van der Waals surface area contributed by atoms with Gasteiger partial charge in [-0.3, -0.25) is 9.59 Å². The minimum Gasteiger partial charge on any atom is -0.353 e. The fourth-order valence-electron chi connectivity index (χ4n) is 2.50. The van der Waals surface area contributed by atoms with Gasteiger partial charge >= 0.3 is 0 Å². The van der Waals surface area contributed by atoms with Crippen molar-refractivity contribution in [3.8, 4) is 0 Å². The van der Waals surface area contributed by atoms with Gasteiger partial charge in [-0.05, 0) is 54.8 Å². The zero-order chi connectivity index (χ0) is 19.1. The summed E-state index contributed by atoms with van der Waals surface area (Å²) in [6.07, 6.45) is 2.00. The van der Waals surface area contributed by atoms with Gasteiger partial charge in [0.25, 0.3) is 0 Å². The van der Waals surface area contributed by atoms with Gasteiger partial charge in [0.2, 0.25) is 11.8 Å². The normalized spacial score (nSPS) is 11.5. The van der Waals surface area contributed by atoms with Crippen molar-refractivity contribution in [3.63, 3.8) is 0 Å². The Morgan fingerprint density at radius 1 is 1.12 bits per heavy atom. The summed E-state index contributed by atoms with van der Waals surface area (Å²) in [6, 6.07) is 12.3. The van der Waals surface area contributed by atoms with Gasteiger partial charge in [0.1, 0.15) is 0 Å². The second-order valence-electron chi connectivity index (χ2n) is 5.94. The molecule has 0 spiro atoms. The average molecular weight is 391 g/mol. The van der Waals surface area contributed by atoms with E-state index in [-0.39, 0.29) is 24.3 Å². The molecule has 26 heavy (non-hydrogen) atoms. The predicted molar refractivity (Wildman–Crippen MR) is 107 cm³/mol. The molecule has 2 rings (SSSR count). The highest BCUT2D eigenvalue weighted by Gasteiger charge is 2.13. The highest BCUT2D eigenvalue weighted by atomic mass is 35.5. The topological polar surface area (TPSA) is 58.2 Å². The Bertz CT molecular complexity index is 784. The Kier molecular flexibility index (Phi) is 7.25. The molecule has 0 saturated carbocycles. The SMILES string of the molecule is C=CC(=O)Nc1ccc(CC(=O)NC(C)Cc2c(Cl)cccc2Cl)cc1. The smallest absolute Gasteiger partial charge is 0.247 e.